The van der Waals surface area contributed by atoms with E-state index in [2.05, 4.69) is 50.7 Å². The molecule has 116 valence electrons. The molecule has 22 heavy (non-hydrogen) atoms. The number of amides is 1. The van der Waals surface area contributed by atoms with E-state index in [0.29, 0.717) is 11.7 Å². The third kappa shape index (κ3) is 4.35. The fourth-order valence-electron chi connectivity index (χ4n) is 2.89. The Balaban J connectivity index is 1.41. The van der Waals surface area contributed by atoms with Crippen molar-refractivity contribution in [2.24, 2.45) is 5.92 Å². The van der Waals surface area contributed by atoms with Crippen molar-refractivity contribution in [3.8, 4) is 0 Å². The van der Waals surface area contributed by atoms with Crippen LogP contribution < -0.4 is 5.32 Å². The lowest BCUT2D eigenvalue weighted by Crippen LogP contribution is -2.39. The molecule has 0 saturated carbocycles. The maximum atomic E-state index is 11.9. The summed E-state index contributed by atoms with van der Waals surface area (Å²) < 4.78 is 0. The molecule has 1 aliphatic heterocycles. The van der Waals surface area contributed by atoms with E-state index in [1.54, 1.807) is 5.51 Å². The summed E-state index contributed by atoms with van der Waals surface area (Å²) in [6, 6.07) is 10.6. The number of piperidine rings is 1. The highest BCUT2D eigenvalue weighted by Crippen LogP contribution is 2.21. The third-order valence-corrected chi connectivity index (χ3v) is 4.65. The zero-order valence-corrected chi connectivity index (χ0v) is 13.3. The molecule has 1 aromatic carbocycles. The molecule has 1 fully saturated rings. The van der Waals surface area contributed by atoms with Gasteiger partial charge in [-0.2, -0.15) is 0 Å². The molecule has 0 radical (unpaired) electrons. The predicted octanol–water partition coefficient (Wildman–Crippen LogP) is 2.43. The van der Waals surface area contributed by atoms with E-state index in [-0.39, 0.29) is 5.91 Å². The number of benzene rings is 1. The second kappa shape index (κ2) is 7.47. The number of rotatable bonds is 5. The van der Waals surface area contributed by atoms with E-state index in [4.69, 9.17) is 0 Å². The fraction of sp³-hybridized carbons (Fsp3) is 0.438. The minimum atomic E-state index is -0.00161. The zero-order valence-electron chi connectivity index (χ0n) is 12.4. The minimum absolute atomic E-state index is 0.00161. The van der Waals surface area contributed by atoms with Crippen molar-refractivity contribution < 1.29 is 4.79 Å². The highest BCUT2D eigenvalue weighted by atomic mass is 32.1. The number of anilines is 1. The standard InChI is InChI=1S/C16H20N4OS/c21-15(18-16-19-17-12-22-16)11-20-8-6-14(7-9-20)10-13-4-2-1-3-5-13/h1-5,12,14H,6-11H2,(H,18,19,21). The summed E-state index contributed by atoms with van der Waals surface area (Å²) in [4.78, 5) is 14.2. The van der Waals surface area contributed by atoms with Crippen molar-refractivity contribution in [1.29, 1.82) is 0 Å². The molecule has 0 bridgehead atoms. The van der Waals surface area contributed by atoms with E-state index in [9.17, 15) is 4.79 Å². The molecule has 1 saturated heterocycles. The Bertz CT molecular complexity index is 579. The van der Waals surface area contributed by atoms with Crippen LogP contribution in [-0.2, 0) is 11.2 Å². The van der Waals surface area contributed by atoms with Crippen LogP contribution in [0.3, 0.4) is 0 Å². The molecule has 0 aliphatic carbocycles. The number of likely N-dealkylation sites (tertiary alicyclic amines) is 1. The molecule has 0 spiro atoms. The Kier molecular flexibility index (Phi) is 5.13. The van der Waals surface area contributed by atoms with Crippen LogP contribution in [0, 0.1) is 5.92 Å². The first-order valence-corrected chi connectivity index (χ1v) is 8.50. The lowest BCUT2D eigenvalue weighted by atomic mass is 9.90. The van der Waals surface area contributed by atoms with Crippen LogP contribution in [0.2, 0.25) is 0 Å². The van der Waals surface area contributed by atoms with Crippen LogP contribution in [0.15, 0.2) is 35.8 Å². The smallest absolute Gasteiger partial charge is 0.240 e. The number of aromatic nitrogens is 2. The van der Waals surface area contributed by atoms with Crippen molar-refractivity contribution in [1.82, 2.24) is 15.1 Å². The van der Waals surface area contributed by atoms with E-state index < -0.39 is 0 Å². The van der Waals surface area contributed by atoms with Gasteiger partial charge in [-0.1, -0.05) is 41.7 Å². The van der Waals surface area contributed by atoms with E-state index >= 15 is 0 Å². The molecule has 1 aliphatic rings. The van der Waals surface area contributed by atoms with Crippen molar-refractivity contribution in [2.75, 3.05) is 25.0 Å². The number of nitrogens with zero attached hydrogens (tertiary/aromatic N) is 3. The number of carbonyl (C=O) groups excluding carboxylic acids is 1. The topological polar surface area (TPSA) is 58.1 Å². The molecule has 1 amide bonds. The molecule has 0 atom stereocenters. The number of nitrogens with one attached hydrogen (secondary N) is 1. The normalized spacial score (nSPS) is 16.5. The maximum absolute atomic E-state index is 11.9. The molecule has 1 N–H and O–H groups in total. The highest BCUT2D eigenvalue weighted by molar-refractivity contribution is 7.13. The Hall–Kier alpha value is -1.79. The second-order valence-corrected chi connectivity index (χ2v) is 6.53. The Morgan fingerprint density at radius 3 is 2.73 bits per heavy atom. The molecule has 2 aromatic rings. The van der Waals surface area contributed by atoms with Gasteiger partial charge in [0.1, 0.15) is 5.51 Å². The summed E-state index contributed by atoms with van der Waals surface area (Å²) in [5.41, 5.74) is 3.03. The SMILES string of the molecule is O=C(CN1CCC(Cc2ccccc2)CC1)Nc1nncs1. The Morgan fingerprint density at radius 2 is 2.05 bits per heavy atom. The van der Waals surface area contributed by atoms with Crippen LogP contribution in [-0.4, -0.2) is 40.6 Å². The largest absolute Gasteiger partial charge is 0.299 e. The molecule has 2 heterocycles. The Labute approximate surface area is 134 Å². The van der Waals surface area contributed by atoms with Gasteiger partial charge in [0.15, 0.2) is 0 Å². The monoisotopic (exact) mass is 316 g/mol. The quantitative estimate of drug-likeness (QED) is 0.920. The molecule has 5 nitrogen and oxygen atoms in total. The fourth-order valence-corrected chi connectivity index (χ4v) is 3.35. The van der Waals surface area contributed by atoms with Crippen LogP contribution in [0.25, 0.3) is 0 Å². The summed E-state index contributed by atoms with van der Waals surface area (Å²) >= 11 is 1.34. The van der Waals surface area contributed by atoms with Crippen molar-refractivity contribution in [3.63, 3.8) is 0 Å². The molecule has 3 rings (SSSR count). The Morgan fingerprint density at radius 1 is 1.27 bits per heavy atom. The van der Waals surface area contributed by atoms with Crippen molar-refractivity contribution in [2.45, 2.75) is 19.3 Å². The lowest BCUT2D eigenvalue weighted by molar-refractivity contribution is -0.117. The van der Waals surface area contributed by atoms with Gasteiger partial charge in [-0.05, 0) is 43.8 Å². The summed E-state index contributed by atoms with van der Waals surface area (Å²) in [5, 5.41) is 10.9. The van der Waals surface area contributed by atoms with E-state index in [0.717, 1.165) is 38.3 Å². The molecular formula is C16H20N4OS. The van der Waals surface area contributed by atoms with Gasteiger partial charge in [-0.15, -0.1) is 10.2 Å². The number of hydrogen-bond donors (Lipinski definition) is 1. The van der Waals surface area contributed by atoms with Crippen molar-refractivity contribution >= 4 is 22.4 Å². The first-order chi connectivity index (χ1) is 10.8. The predicted molar refractivity (Wildman–Crippen MR) is 87.8 cm³/mol. The van der Waals surface area contributed by atoms with E-state index in [1.807, 2.05) is 0 Å². The van der Waals surface area contributed by atoms with Gasteiger partial charge < -0.3 is 0 Å². The zero-order chi connectivity index (χ0) is 15.2. The second-order valence-electron chi connectivity index (χ2n) is 5.70. The maximum Gasteiger partial charge on any atom is 0.240 e. The summed E-state index contributed by atoms with van der Waals surface area (Å²) in [5.74, 6) is 0.725. The van der Waals surface area contributed by atoms with Crippen molar-refractivity contribution in [3.05, 3.63) is 41.4 Å². The molecule has 0 unspecified atom stereocenters. The van der Waals surface area contributed by atoms with Gasteiger partial charge >= 0.3 is 0 Å². The van der Waals surface area contributed by atoms with Gasteiger partial charge in [0.05, 0.1) is 6.54 Å². The van der Waals surface area contributed by atoms with Gasteiger partial charge in [0.25, 0.3) is 0 Å². The first-order valence-electron chi connectivity index (χ1n) is 7.62. The average Bonchev–Trinajstić information content (AvgIpc) is 3.03. The van der Waals surface area contributed by atoms with Crippen LogP contribution in [0.5, 0.6) is 0 Å². The van der Waals surface area contributed by atoms with Crippen LogP contribution >= 0.6 is 11.3 Å². The van der Waals surface area contributed by atoms with E-state index in [1.165, 1.54) is 16.9 Å². The lowest BCUT2D eigenvalue weighted by Gasteiger charge is -2.31. The summed E-state index contributed by atoms with van der Waals surface area (Å²) in [7, 11) is 0. The third-order valence-electron chi connectivity index (χ3n) is 4.05. The highest BCUT2D eigenvalue weighted by Gasteiger charge is 2.21. The summed E-state index contributed by atoms with van der Waals surface area (Å²) in [6.45, 7) is 2.42. The summed E-state index contributed by atoms with van der Waals surface area (Å²) in [6.07, 6.45) is 3.45. The molecular weight excluding hydrogens is 296 g/mol. The minimum Gasteiger partial charge on any atom is -0.299 e. The first kappa shape index (κ1) is 15.1. The van der Waals surface area contributed by atoms with Crippen LogP contribution in [0.1, 0.15) is 18.4 Å². The number of hydrogen-bond acceptors (Lipinski definition) is 5. The molecule has 6 heteroatoms. The number of carbonyl (C=O) groups is 1. The van der Waals surface area contributed by atoms with Gasteiger partial charge in [-0.3, -0.25) is 15.0 Å². The molecule has 1 aromatic heterocycles. The van der Waals surface area contributed by atoms with Gasteiger partial charge in [0, 0.05) is 0 Å². The van der Waals surface area contributed by atoms with Gasteiger partial charge in [-0.25, -0.2) is 0 Å². The van der Waals surface area contributed by atoms with Crippen LogP contribution in [0.4, 0.5) is 5.13 Å². The van der Waals surface area contributed by atoms with Gasteiger partial charge in [0.2, 0.25) is 11.0 Å². The average molecular weight is 316 g/mol.